The Morgan fingerprint density at radius 2 is 1.92 bits per heavy atom. The van der Waals surface area contributed by atoms with E-state index < -0.39 is 10.0 Å². The van der Waals surface area contributed by atoms with Crippen molar-refractivity contribution in [2.45, 2.75) is 38.3 Å². The van der Waals surface area contributed by atoms with Gasteiger partial charge in [0.15, 0.2) is 11.9 Å². The van der Waals surface area contributed by atoms with Crippen molar-refractivity contribution in [2.75, 3.05) is 34.8 Å². The molecule has 1 atom stereocenters. The number of ether oxygens (including phenoxy) is 1. The van der Waals surface area contributed by atoms with Gasteiger partial charge in [-0.15, -0.1) is 0 Å². The number of nitrogens with one attached hydrogen (secondary N) is 2. The van der Waals surface area contributed by atoms with Crippen LogP contribution in [0.1, 0.15) is 38.3 Å². The molecule has 2 aliphatic rings. The molecule has 1 aromatic carbocycles. The molecular formula is C24H30N6O5S. The maximum atomic E-state index is 13.4. The fraction of sp³-hybridized carbons (Fsp3) is 0.458. The number of pyridine rings is 1. The average Bonchev–Trinajstić information content (AvgIpc) is 3.66. The van der Waals surface area contributed by atoms with Crippen molar-refractivity contribution in [2.24, 2.45) is 13.0 Å². The maximum absolute atomic E-state index is 13.4. The Balaban J connectivity index is 1.66. The summed E-state index contributed by atoms with van der Waals surface area (Å²) >= 11 is 0. The van der Waals surface area contributed by atoms with Crippen LogP contribution in [0.15, 0.2) is 35.1 Å². The molecule has 36 heavy (non-hydrogen) atoms. The van der Waals surface area contributed by atoms with Crippen LogP contribution in [-0.2, 0) is 26.6 Å². The molecule has 0 bridgehead atoms. The van der Waals surface area contributed by atoms with E-state index in [1.54, 1.807) is 42.1 Å². The molecule has 11 nitrogen and oxygen atoms in total. The van der Waals surface area contributed by atoms with E-state index in [1.807, 2.05) is 0 Å². The summed E-state index contributed by atoms with van der Waals surface area (Å²) in [5.41, 5.74) is 1.43. The lowest BCUT2D eigenvalue weighted by atomic mass is 10.2. The van der Waals surface area contributed by atoms with Crippen LogP contribution in [0.25, 0.3) is 11.0 Å². The smallest absolute Gasteiger partial charge is 0.278 e. The van der Waals surface area contributed by atoms with Gasteiger partial charge in [-0.1, -0.05) is 12.1 Å². The summed E-state index contributed by atoms with van der Waals surface area (Å²) in [5.74, 6) is 0.178. The predicted octanol–water partition coefficient (Wildman–Crippen LogP) is 2.92. The molecule has 1 amide bonds. The molecule has 3 aromatic rings. The molecule has 5 rings (SSSR count). The zero-order valence-electron chi connectivity index (χ0n) is 20.5. The zero-order chi connectivity index (χ0) is 25.6. The Morgan fingerprint density at radius 3 is 2.58 bits per heavy atom. The van der Waals surface area contributed by atoms with Crippen molar-refractivity contribution in [1.29, 1.82) is 0 Å². The quantitative estimate of drug-likeness (QED) is 0.496. The molecule has 2 aromatic heterocycles. The fourth-order valence-electron chi connectivity index (χ4n) is 4.47. The van der Waals surface area contributed by atoms with E-state index in [2.05, 4.69) is 15.6 Å². The van der Waals surface area contributed by atoms with Crippen molar-refractivity contribution in [3.8, 4) is 0 Å². The number of amides is 1. The minimum absolute atomic E-state index is 0.0253. The average molecular weight is 515 g/mol. The second-order valence-corrected chi connectivity index (χ2v) is 11.4. The topological polar surface area (TPSA) is 128 Å². The molecule has 0 spiro atoms. The minimum atomic E-state index is -3.53. The van der Waals surface area contributed by atoms with Crippen LogP contribution in [0.3, 0.4) is 0 Å². The highest BCUT2D eigenvalue weighted by Crippen LogP contribution is 2.35. The normalized spacial score (nSPS) is 18.2. The monoisotopic (exact) mass is 514 g/mol. The van der Waals surface area contributed by atoms with Gasteiger partial charge < -0.3 is 15.4 Å². The van der Waals surface area contributed by atoms with Crippen molar-refractivity contribution < 1.29 is 17.9 Å². The predicted molar refractivity (Wildman–Crippen MR) is 138 cm³/mol. The number of rotatable bonds is 7. The number of benzene rings is 1. The molecule has 0 radical (unpaired) electrons. The van der Waals surface area contributed by atoms with E-state index in [0.717, 1.165) is 38.4 Å². The SMILES string of the molecule is CN(c1ccccc1Nc1cc(NC(=O)C2CC2)nc2c1c(=O)n(C)n2C1CCCCO1)S(C)(=O)=O. The first-order valence-corrected chi connectivity index (χ1v) is 13.8. The van der Waals surface area contributed by atoms with Gasteiger partial charge in [0, 0.05) is 32.7 Å². The van der Waals surface area contributed by atoms with Gasteiger partial charge >= 0.3 is 0 Å². The Bertz CT molecular complexity index is 1480. The van der Waals surface area contributed by atoms with E-state index >= 15 is 0 Å². The second-order valence-electron chi connectivity index (χ2n) is 9.38. The van der Waals surface area contributed by atoms with E-state index in [1.165, 1.54) is 16.0 Å². The molecule has 1 saturated carbocycles. The Labute approximate surface area is 209 Å². The number of anilines is 4. The van der Waals surface area contributed by atoms with Crippen molar-refractivity contribution in [3.63, 3.8) is 0 Å². The molecule has 1 unspecified atom stereocenters. The van der Waals surface area contributed by atoms with Crippen LogP contribution in [0.5, 0.6) is 0 Å². The summed E-state index contributed by atoms with van der Waals surface area (Å²) in [7, 11) is -0.394. The molecule has 1 aliphatic carbocycles. The Kier molecular flexibility index (Phi) is 6.25. The number of hydrogen-bond donors (Lipinski definition) is 2. The number of sulfonamides is 1. The zero-order valence-corrected chi connectivity index (χ0v) is 21.3. The second kappa shape index (κ2) is 9.25. The molecule has 2 fully saturated rings. The van der Waals surface area contributed by atoms with Crippen LogP contribution in [0.2, 0.25) is 0 Å². The first-order valence-electron chi connectivity index (χ1n) is 12.0. The summed E-state index contributed by atoms with van der Waals surface area (Å²) in [6.45, 7) is 0.590. The first-order chi connectivity index (χ1) is 17.1. The van der Waals surface area contributed by atoms with Gasteiger partial charge in [-0.05, 0) is 44.2 Å². The number of aromatic nitrogens is 3. The molecular weight excluding hydrogens is 484 g/mol. The van der Waals surface area contributed by atoms with Crippen molar-refractivity contribution in [1.82, 2.24) is 14.3 Å². The summed E-state index contributed by atoms with van der Waals surface area (Å²) < 4.78 is 34.8. The molecule has 12 heteroatoms. The third-order valence-electron chi connectivity index (χ3n) is 6.69. The number of carbonyl (C=O) groups is 1. The van der Waals surface area contributed by atoms with Gasteiger partial charge in [0.2, 0.25) is 15.9 Å². The van der Waals surface area contributed by atoms with Gasteiger partial charge in [-0.2, -0.15) is 0 Å². The lowest BCUT2D eigenvalue weighted by Crippen LogP contribution is -2.27. The molecule has 2 N–H and O–H groups in total. The highest BCUT2D eigenvalue weighted by molar-refractivity contribution is 7.92. The third kappa shape index (κ3) is 4.58. The van der Waals surface area contributed by atoms with Crippen LogP contribution >= 0.6 is 0 Å². The van der Waals surface area contributed by atoms with Gasteiger partial charge in [-0.3, -0.25) is 13.9 Å². The fourth-order valence-corrected chi connectivity index (χ4v) is 4.99. The first kappa shape index (κ1) is 24.3. The summed E-state index contributed by atoms with van der Waals surface area (Å²) in [6.07, 6.45) is 5.12. The minimum Gasteiger partial charge on any atom is -0.357 e. The number of fused-ring (bicyclic) bond motifs is 1. The van der Waals surface area contributed by atoms with Gasteiger partial charge in [0.1, 0.15) is 11.2 Å². The Hall–Kier alpha value is -3.38. The highest BCUT2D eigenvalue weighted by Gasteiger charge is 2.31. The van der Waals surface area contributed by atoms with Crippen LogP contribution < -0.4 is 20.5 Å². The van der Waals surface area contributed by atoms with Gasteiger partial charge in [0.25, 0.3) is 5.56 Å². The number of para-hydroxylation sites is 2. The standard InChI is InChI=1S/C24H30N6O5S/c1-28-24(32)21-17(25-16-8-4-5-9-18(16)29(2)36(3,33)34)14-19(27-23(31)15-11-12-15)26-22(21)30(28)20-10-6-7-13-35-20/h4-5,8-9,14-15,20H,6-7,10-13H2,1-3H3,(H2,25,26,27,31). The van der Waals surface area contributed by atoms with Gasteiger partial charge in [-0.25, -0.2) is 22.8 Å². The van der Waals surface area contributed by atoms with Gasteiger partial charge in [0.05, 0.1) is 23.3 Å². The molecule has 3 heterocycles. The molecule has 192 valence electrons. The molecule has 1 aliphatic heterocycles. The summed E-state index contributed by atoms with van der Waals surface area (Å²) in [6, 6.07) is 8.54. The largest absolute Gasteiger partial charge is 0.357 e. The van der Waals surface area contributed by atoms with Crippen molar-refractivity contribution in [3.05, 3.63) is 40.7 Å². The van der Waals surface area contributed by atoms with Crippen LogP contribution in [0.4, 0.5) is 22.9 Å². The van der Waals surface area contributed by atoms with Crippen LogP contribution in [-0.4, -0.2) is 48.6 Å². The lowest BCUT2D eigenvalue weighted by molar-refractivity contribution is -0.117. The summed E-state index contributed by atoms with van der Waals surface area (Å²) in [4.78, 5) is 30.7. The number of hydrogen-bond acceptors (Lipinski definition) is 7. The number of carbonyl (C=O) groups excluding carboxylic acids is 1. The van der Waals surface area contributed by atoms with E-state index in [4.69, 9.17) is 4.74 Å². The van der Waals surface area contributed by atoms with E-state index in [9.17, 15) is 18.0 Å². The third-order valence-corrected chi connectivity index (χ3v) is 7.88. The molecule has 1 saturated heterocycles. The Morgan fingerprint density at radius 1 is 1.17 bits per heavy atom. The van der Waals surface area contributed by atoms with E-state index in [-0.39, 0.29) is 23.6 Å². The maximum Gasteiger partial charge on any atom is 0.278 e. The highest BCUT2D eigenvalue weighted by atomic mass is 32.2. The number of nitrogens with zero attached hydrogens (tertiary/aromatic N) is 4. The van der Waals surface area contributed by atoms with Crippen LogP contribution in [0, 0.1) is 5.92 Å². The van der Waals surface area contributed by atoms with E-state index in [0.29, 0.717) is 40.5 Å². The van der Waals surface area contributed by atoms with Crippen molar-refractivity contribution >= 4 is 49.8 Å². The lowest BCUT2D eigenvalue weighted by Gasteiger charge is -2.25. The summed E-state index contributed by atoms with van der Waals surface area (Å²) in [5, 5.41) is 6.45.